The summed E-state index contributed by atoms with van der Waals surface area (Å²) in [7, 11) is 0. The molecule has 166 valence electrons. The quantitative estimate of drug-likeness (QED) is 0.224. The van der Waals surface area contributed by atoms with Crippen molar-refractivity contribution >= 4 is 23.5 Å². The molecule has 1 saturated carbocycles. The Balaban J connectivity index is 1.60. The highest BCUT2D eigenvalue weighted by molar-refractivity contribution is 6.31. The van der Waals surface area contributed by atoms with Crippen molar-refractivity contribution in [1.82, 2.24) is 9.88 Å². The number of ether oxygens (including phenoxy) is 1. The molecule has 2 aromatic rings. The van der Waals surface area contributed by atoms with E-state index in [0.29, 0.717) is 54.9 Å². The number of carbonyl (C=O) groups excluding carboxylic acids is 1. The zero-order chi connectivity index (χ0) is 22.1. The fourth-order valence-corrected chi connectivity index (χ4v) is 3.29. The lowest BCUT2D eigenvalue weighted by molar-refractivity contribution is 0.0748. The Labute approximate surface area is 187 Å². The minimum atomic E-state index is -0.127. The molecule has 1 aromatic heterocycles. The molecule has 1 aliphatic carbocycles. The van der Waals surface area contributed by atoms with Gasteiger partial charge in [-0.25, -0.2) is 0 Å². The molecular formula is C22H28ClN5O3. The molecular weight excluding hydrogens is 418 g/mol. The molecule has 1 fully saturated rings. The maximum Gasteiger partial charge on any atom is 0.254 e. The van der Waals surface area contributed by atoms with Gasteiger partial charge in [-0.15, -0.1) is 0 Å². The van der Waals surface area contributed by atoms with Gasteiger partial charge < -0.3 is 25.9 Å². The lowest BCUT2D eigenvalue weighted by Gasteiger charge is -2.23. The number of oxime groups is 1. The number of guanidine groups is 1. The summed E-state index contributed by atoms with van der Waals surface area (Å²) in [5.74, 6) is 0.936. The van der Waals surface area contributed by atoms with Gasteiger partial charge >= 0.3 is 0 Å². The smallest absolute Gasteiger partial charge is 0.254 e. The first-order valence-corrected chi connectivity index (χ1v) is 10.7. The SMILES string of the molecule is NC(N)=NOCCCOc1cc(Cl)cc(C(=O)N(CCc2ccccn2)CC2CC2)c1. The van der Waals surface area contributed by atoms with Gasteiger partial charge in [0, 0.05) is 48.4 Å². The summed E-state index contributed by atoms with van der Waals surface area (Å²) < 4.78 is 5.73. The number of nitrogens with two attached hydrogens (primary N) is 2. The number of carbonyl (C=O) groups is 1. The average Bonchev–Trinajstić information content (AvgIpc) is 3.57. The Bertz CT molecular complexity index is 886. The number of aromatic nitrogens is 1. The van der Waals surface area contributed by atoms with Crippen molar-refractivity contribution in [1.29, 1.82) is 0 Å². The molecule has 31 heavy (non-hydrogen) atoms. The second kappa shape index (κ2) is 11.4. The van der Waals surface area contributed by atoms with Crippen LogP contribution in [-0.4, -0.2) is 48.1 Å². The normalized spacial score (nSPS) is 12.8. The number of benzene rings is 1. The number of hydrogen-bond donors (Lipinski definition) is 2. The van der Waals surface area contributed by atoms with Gasteiger partial charge in [0.25, 0.3) is 5.91 Å². The van der Waals surface area contributed by atoms with Gasteiger partial charge in [-0.05, 0) is 54.2 Å². The maximum absolute atomic E-state index is 13.2. The van der Waals surface area contributed by atoms with E-state index in [0.717, 1.165) is 12.2 Å². The molecule has 4 N–H and O–H groups in total. The molecule has 0 unspecified atom stereocenters. The van der Waals surface area contributed by atoms with Gasteiger partial charge in [0.05, 0.1) is 6.61 Å². The van der Waals surface area contributed by atoms with Crippen LogP contribution in [0.3, 0.4) is 0 Å². The first-order chi connectivity index (χ1) is 15.0. The minimum Gasteiger partial charge on any atom is -0.493 e. The third kappa shape index (κ3) is 7.97. The summed E-state index contributed by atoms with van der Waals surface area (Å²) >= 11 is 6.26. The van der Waals surface area contributed by atoms with Crippen molar-refractivity contribution in [3.05, 3.63) is 58.9 Å². The molecule has 0 bridgehead atoms. The number of halogens is 1. The lowest BCUT2D eigenvalue weighted by Crippen LogP contribution is -2.35. The van der Waals surface area contributed by atoms with E-state index in [1.165, 1.54) is 12.8 Å². The van der Waals surface area contributed by atoms with E-state index in [2.05, 4.69) is 10.1 Å². The first kappa shape index (κ1) is 22.7. The Kier molecular flexibility index (Phi) is 8.35. The summed E-state index contributed by atoms with van der Waals surface area (Å²) in [5, 5.41) is 3.90. The molecule has 9 heteroatoms. The van der Waals surface area contributed by atoms with Crippen LogP contribution in [0.5, 0.6) is 5.75 Å². The van der Waals surface area contributed by atoms with E-state index >= 15 is 0 Å². The Morgan fingerprint density at radius 3 is 2.77 bits per heavy atom. The lowest BCUT2D eigenvalue weighted by atomic mass is 10.1. The van der Waals surface area contributed by atoms with Crippen LogP contribution in [0.2, 0.25) is 5.02 Å². The molecule has 0 spiro atoms. The van der Waals surface area contributed by atoms with Crippen LogP contribution in [0.4, 0.5) is 0 Å². The number of pyridine rings is 1. The molecule has 1 heterocycles. The van der Waals surface area contributed by atoms with Crippen molar-refractivity contribution in [2.24, 2.45) is 22.5 Å². The topological polar surface area (TPSA) is 116 Å². The number of rotatable bonds is 12. The Morgan fingerprint density at radius 1 is 1.23 bits per heavy atom. The van der Waals surface area contributed by atoms with E-state index < -0.39 is 0 Å². The van der Waals surface area contributed by atoms with Gasteiger partial charge in [0.2, 0.25) is 5.96 Å². The van der Waals surface area contributed by atoms with Crippen LogP contribution < -0.4 is 16.2 Å². The third-order valence-corrected chi connectivity index (χ3v) is 4.98. The van der Waals surface area contributed by atoms with E-state index in [9.17, 15) is 4.79 Å². The summed E-state index contributed by atoms with van der Waals surface area (Å²) in [5.41, 5.74) is 11.9. The second-order valence-corrected chi connectivity index (χ2v) is 7.93. The van der Waals surface area contributed by atoms with E-state index in [1.54, 1.807) is 24.4 Å². The summed E-state index contributed by atoms with van der Waals surface area (Å²) in [6.07, 6.45) is 5.38. The molecule has 0 radical (unpaired) electrons. The van der Waals surface area contributed by atoms with Crippen LogP contribution in [-0.2, 0) is 11.3 Å². The van der Waals surface area contributed by atoms with Crippen LogP contribution in [0.15, 0.2) is 47.8 Å². The molecule has 8 nitrogen and oxygen atoms in total. The van der Waals surface area contributed by atoms with Gasteiger partial charge in [-0.1, -0.05) is 17.7 Å². The fraction of sp³-hybridized carbons (Fsp3) is 0.409. The molecule has 1 amide bonds. The highest BCUT2D eigenvalue weighted by atomic mass is 35.5. The van der Waals surface area contributed by atoms with Crippen molar-refractivity contribution in [3.8, 4) is 5.75 Å². The predicted octanol–water partition coefficient (Wildman–Crippen LogP) is 2.80. The van der Waals surface area contributed by atoms with Crippen molar-refractivity contribution in [2.45, 2.75) is 25.7 Å². The Morgan fingerprint density at radius 2 is 2.06 bits per heavy atom. The van der Waals surface area contributed by atoms with Crippen LogP contribution in [0, 0.1) is 5.92 Å². The highest BCUT2D eigenvalue weighted by Gasteiger charge is 2.27. The molecule has 3 rings (SSSR count). The standard InChI is InChI=1S/C22H28ClN5O3/c23-18-12-17(13-20(14-18)30-10-3-11-31-27-22(24)25)21(29)28(15-16-5-6-16)9-7-19-4-1-2-8-26-19/h1-2,4,8,12-14,16H,3,5-7,9-11,15H2,(H4,24,25,27). The van der Waals surface area contributed by atoms with Crippen LogP contribution in [0.1, 0.15) is 35.3 Å². The number of amides is 1. The average molecular weight is 446 g/mol. The molecule has 1 aromatic carbocycles. The van der Waals surface area contributed by atoms with Gasteiger partial charge in [0.1, 0.15) is 12.4 Å². The summed E-state index contributed by atoms with van der Waals surface area (Å²) in [6, 6.07) is 10.9. The Hall–Kier alpha value is -3.00. The van der Waals surface area contributed by atoms with Gasteiger partial charge in [-0.3, -0.25) is 9.78 Å². The second-order valence-electron chi connectivity index (χ2n) is 7.49. The molecule has 0 atom stereocenters. The number of hydrogen-bond acceptors (Lipinski definition) is 5. The van der Waals surface area contributed by atoms with Crippen molar-refractivity contribution < 1.29 is 14.4 Å². The minimum absolute atomic E-state index is 0.0497. The summed E-state index contributed by atoms with van der Waals surface area (Å²) in [6.45, 7) is 2.04. The van der Waals surface area contributed by atoms with E-state index in [4.69, 9.17) is 32.6 Å². The van der Waals surface area contributed by atoms with Gasteiger partial charge in [-0.2, -0.15) is 0 Å². The first-order valence-electron chi connectivity index (χ1n) is 10.3. The number of nitrogens with zero attached hydrogens (tertiary/aromatic N) is 3. The summed E-state index contributed by atoms with van der Waals surface area (Å²) in [4.78, 5) is 24.4. The molecule has 1 aliphatic rings. The molecule has 0 aliphatic heterocycles. The fourth-order valence-electron chi connectivity index (χ4n) is 3.07. The molecule has 0 saturated heterocycles. The highest BCUT2D eigenvalue weighted by Crippen LogP contribution is 2.31. The van der Waals surface area contributed by atoms with E-state index in [1.807, 2.05) is 23.1 Å². The van der Waals surface area contributed by atoms with Crippen molar-refractivity contribution in [3.63, 3.8) is 0 Å². The zero-order valence-electron chi connectivity index (χ0n) is 17.4. The monoisotopic (exact) mass is 445 g/mol. The van der Waals surface area contributed by atoms with Gasteiger partial charge in [0.15, 0.2) is 0 Å². The third-order valence-electron chi connectivity index (χ3n) is 4.76. The predicted molar refractivity (Wildman–Crippen MR) is 120 cm³/mol. The van der Waals surface area contributed by atoms with Crippen LogP contribution >= 0.6 is 11.6 Å². The zero-order valence-corrected chi connectivity index (χ0v) is 18.1. The van der Waals surface area contributed by atoms with Crippen LogP contribution in [0.25, 0.3) is 0 Å². The largest absolute Gasteiger partial charge is 0.493 e. The maximum atomic E-state index is 13.2. The van der Waals surface area contributed by atoms with E-state index in [-0.39, 0.29) is 11.9 Å². The van der Waals surface area contributed by atoms with Crippen molar-refractivity contribution in [2.75, 3.05) is 26.3 Å².